The van der Waals surface area contributed by atoms with Crippen molar-refractivity contribution in [3.8, 4) is 0 Å². The molecule has 1 fully saturated rings. The Labute approximate surface area is 127 Å². The maximum absolute atomic E-state index is 5.86. The van der Waals surface area contributed by atoms with Crippen molar-refractivity contribution < 1.29 is 9.47 Å². The smallest absolute Gasteiger partial charge is 0.172 e. The molecule has 0 radical (unpaired) electrons. The summed E-state index contributed by atoms with van der Waals surface area (Å²) in [6, 6.07) is 4.14. The van der Waals surface area contributed by atoms with Gasteiger partial charge in [0, 0.05) is 32.9 Å². The number of H-pyrrole nitrogens is 1. The molecule has 19 heavy (non-hydrogen) atoms. The van der Waals surface area contributed by atoms with Crippen molar-refractivity contribution in [1.29, 1.82) is 0 Å². The summed E-state index contributed by atoms with van der Waals surface area (Å²) in [6.45, 7) is 1.42. The number of aromatic nitrogens is 1. The predicted molar refractivity (Wildman–Crippen MR) is 80.4 cm³/mol. The lowest BCUT2D eigenvalue weighted by atomic mass is 9.90. The van der Waals surface area contributed by atoms with Crippen LogP contribution in [0.5, 0.6) is 0 Å². The minimum atomic E-state index is -0.385. The molecule has 2 aromatic rings. The second kappa shape index (κ2) is 4.32. The topological polar surface area (TPSA) is 34.2 Å². The van der Waals surface area contributed by atoms with Gasteiger partial charge in [0.15, 0.2) is 5.79 Å². The Kier molecular flexibility index (Phi) is 2.81. The van der Waals surface area contributed by atoms with E-state index in [2.05, 4.69) is 49.0 Å². The molecule has 1 aromatic heterocycles. The van der Waals surface area contributed by atoms with Crippen LogP contribution >= 0.6 is 31.9 Å². The predicted octanol–water partition coefficient (Wildman–Crippen LogP) is 3.92. The summed E-state index contributed by atoms with van der Waals surface area (Å²) in [5, 5.41) is 1.25. The highest BCUT2D eigenvalue weighted by Gasteiger charge is 2.41. The molecule has 1 spiro atoms. The van der Waals surface area contributed by atoms with Gasteiger partial charge in [-0.15, -0.1) is 0 Å². The monoisotopic (exact) mass is 385 g/mol. The van der Waals surface area contributed by atoms with Crippen molar-refractivity contribution in [1.82, 2.24) is 4.98 Å². The van der Waals surface area contributed by atoms with Gasteiger partial charge in [0.1, 0.15) is 0 Å². The van der Waals surface area contributed by atoms with Crippen LogP contribution in [-0.4, -0.2) is 24.0 Å². The molecule has 4 rings (SSSR count). The summed E-state index contributed by atoms with van der Waals surface area (Å²) in [7, 11) is 0. The fourth-order valence-electron chi connectivity index (χ4n) is 3.17. The second-order valence-corrected chi connectivity index (χ2v) is 6.85. The van der Waals surface area contributed by atoms with E-state index in [9.17, 15) is 0 Å². The molecule has 3 nitrogen and oxygen atoms in total. The van der Waals surface area contributed by atoms with Gasteiger partial charge in [0.25, 0.3) is 0 Å². The fourth-order valence-corrected chi connectivity index (χ4v) is 4.17. The first-order valence-electron chi connectivity index (χ1n) is 6.44. The van der Waals surface area contributed by atoms with Gasteiger partial charge >= 0.3 is 0 Å². The Hall–Kier alpha value is -0.360. The highest BCUT2D eigenvalue weighted by atomic mass is 79.9. The first kappa shape index (κ1) is 12.4. The summed E-state index contributed by atoms with van der Waals surface area (Å²) in [6.07, 6.45) is 2.74. The molecule has 0 unspecified atom stereocenters. The lowest BCUT2D eigenvalue weighted by molar-refractivity contribution is -0.163. The first-order valence-corrected chi connectivity index (χ1v) is 8.02. The molecule has 1 saturated heterocycles. The summed E-state index contributed by atoms with van der Waals surface area (Å²) in [5.41, 5.74) is 3.80. The van der Waals surface area contributed by atoms with E-state index in [0.29, 0.717) is 13.2 Å². The van der Waals surface area contributed by atoms with Crippen LogP contribution in [0.15, 0.2) is 21.1 Å². The van der Waals surface area contributed by atoms with E-state index in [4.69, 9.17) is 9.47 Å². The zero-order chi connectivity index (χ0) is 13.0. The van der Waals surface area contributed by atoms with E-state index in [1.54, 1.807) is 0 Å². The zero-order valence-corrected chi connectivity index (χ0v) is 13.4. The SMILES string of the molecule is Brc1ccc(Br)c2c3c([nH]c12)CCC1(C3)OCCO1. The van der Waals surface area contributed by atoms with E-state index in [-0.39, 0.29) is 5.79 Å². The fraction of sp³-hybridized carbons (Fsp3) is 0.429. The zero-order valence-electron chi connectivity index (χ0n) is 10.3. The highest BCUT2D eigenvalue weighted by molar-refractivity contribution is 9.11. The van der Waals surface area contributed by atoms with Gasteiger partial charge in [0.2, 0.25) is 0 Å². The van der Waals surface area contributed by atoms with Crippen molar-refractivity contribution in [3.63, 3.8) is 0 Å². The van der Waals surface area contributed by atoms with Crippen LogP contribution in [-0.2, 0) is 22.3 Å². The van der Waals surface area contributed by atoms with E-state index in [1.807, 2.05) is 0 Å². The molecule has 1 aliphatic heterocycles. The molecule has 1 N–H and O–H groups in total. The standard InChI is InChI=1S/C14H13Br2NO2/c15-9-1-2-10(16)13-12(9)8-7-14(18-5-6-19-14)4-3-11(8)17-13/h1-2,17H,3-7H2. The van der Waals surface area contributed by atoms with E-state index in [0.717, 1.165) is 33.7 Å². The Balaban J connectivity index is 1.91. The van der Waals surface area contributed by atoms with Gasteiger partial charge in [0.05, 0.1) is 18.7 Å². The molecule has 0 atom stereocenters. The lowest BCUT2D eigenvalue weighted by Gasteiger charge is -2.31. The number of nitrogens with one attached hydrogen (secondary N) is 1. The number of rotatable bonds is 0. The first-order chi connectivity index (χ1) is 9.19. The van der Waals surface area contributed by atoms with Crippen LogP contribution in [0, 0.1) is 0 Å². The summed E-state index contributed by atoms with van der Waals surface area (Å²) < 4.78 is 13.9. The summed E-state index contributed by atoms with van der Waals surface area (Å²) >= 11 is 7.28. The number of halogens is 2. The van der Waals surface area contributed by atoms with Crippen LogP contribution < -0.4 is 0 Å². The quantitative estimate of drug-likeness (QED) is 0.744. The van der Waals surface area contributed by atoms with Crippen LogP contribution in [0.4, 0.5) is 0 Å². The molecule has 2 aliphatic rings. The Morgan fingerprint density at radius 1 is 1.11 bits per heavy atom. The third-order valence-electron chi connectivity index (χ3n) is 4.06. The molecule has 5 heteroatoms. The minimum absolute atomic E-state index is 0.385. The number of aryl methyl sites for hydroxylation is 1. The second-order valence-electron chi connectivity index (χ2n) is 5.15. The van der Waals surface area contributed by atoms with E-state index < -0.39 is 0 Å². The van der Waals surface area contributed by atoms with Gasteiger partial charge in [-0.05, 0) is 40.0 Å². The highest BCUT2D eigenvalue weighted by Crippen LogP contribution is 2.42. The van der Waals surface area contributed by atoms with Crippen molar-refractivity contribution >= 4 is 42.8 Å². The number of fused-ring (bicyclic) bond motifs is 3. The molecule has 0 bridgehead atoms. The van der Waals surface area contributed by atoms with Crippen molar-refractivity contribution in [2.45, 2.75) is 25.0 Å². The molecular formula is C14H13Br2NO2. The maximum atomic E-state index is 5.86. The van der Waals surface area contributed by atoms with Gasteiger partial charge in [-0.2, -0.15) is 0 Å². The van der Waals surface area contributed by atoms with E-state index in [1.165, 1.54) is 16.6 Å². The molecule has 100 valence electrons. The number of ether oxygens (including phenoxy) is 2. The molecular weight excluding hydrogens is 374 g/mol. The molecule has 2 heterocycles. The van der Waals surface area contributed by atoms with Crippen molar-refractivity contribution in [2.75, 3.05) is 13.2 Å². The number of hydrogen-bond acceptors (Lipinski definition) is 2. The average Bonchev–Trinajstić information content (AvgIpc) is 3.00. The Morgan fingerprint density at radius 2 is 1.84 bits per heavy atom. The molecule has 1 aliphatic carbocycles. The number of hydrogen-bond donors (Lipinski definition) is 1. The lowest BCUT2D eigenvalue weighted by Crippen LogP contribution is -2.36. The Bertz CT molecular complexity index is 659. The third-order valence-corrected chi connectivity index (χ3v) is 5.38. The van der Waals surface area contributed by atoms with Crippen molar-refractivity contribution in [3.05, 3.63) is 32.3 Å². The van der Waals surface area contributed by atoms with Crippen LogP contribution in [0.3, 0.4) is 0 Å². The van der Waals surface area contributed by atoms with Crippen molar-refractivity contribution in [2.24, 2.45) is 0 Å². The van der Waals surface area contributed by atoms with Crippen LogP contribution in [0.25, 0.3) is 10.9 Å². The van der Waals surface area contributed by atoms with Gasteiger partial charge in [-0.1, -0.05) is 15.9 Å². The minimum Gasteiger partial charge on any atom is -0.357 e. The summed E-state index contributed by atoms with van der Waals surface area (Å²) in [4.78, 5) is 3.54. The normalized spacial score (nSPS) is 21.2. The third kappa shape index (κ3) is 1.82. The number of aromatic amines is 1. The number of benzene rings is 1. The molecule has 1 aromatic carbocycles. The average molecular weight is 387 g/mol. The maximum Gasteiger partial charge on any atom is 0.172 e. The largest absolute Gasteiger partial charge is 0.357 e. The van der Waals surface area contributed by atoms with Gasteiger partial charge < -0.3 is 14.5 Å². The van der Waals surface area contributed by atoms with Crippen LogP contribution in [0.1, 0.15) is 17.7 Å². The van der Waals surface area contributed by atoms with Gasteiger partial charge in [-0.25, -0.2) is 0 Å². The van der Waals surface area contributed by atoms with Gasteiger partial charge in [-0.3, -0.25) is 0 Å². The Morgan fingerprint density at radius 3 is 2.63 bits per heavy atom. The molecule has 0 amide bonds. The summed E-state index contributed by atoms with van der Waals surface area (Å²) in [5.74, 6) is -0.385. The molecule has 0 saturated carbocycles. The van der Waals surface area contributed by atoms with E-state index >= 15 is 0 Å². The van der Waals surface area contributed by atoms with Crippen LogP contribution in [0.2, 0.25) is 0 Å².